The van der Waals surface area contributed by atoms with Crippen molar-refractivity contribution in [1.29, 1.82) is 0 Å². The zero-order valence-electron chi connectivity index (χ0n) is 21.9. The van der Waals surface area contributed by atoms with Crippen LogP contribution in [0.4, 0.5) is 0 Å². The molecule has 7 nitrogen and oxygen atoms in total. The van der Waals surface area contributed by atoms with Crippen LogP contribution >= 0.6 is 0 Å². The number of nitrogens with zero attached hydrogens (tertiary/aromatic N) is 2. The molecule has 1 aromatic heterocycles. The lowest BCUT2D eigenvalue weighted by Crippen LogP contribution is -2.54. The van der Waals surface area contributed by atoms with Crippen LogP contribution in [0.25, 0.3) is 0 Å². The second-order valence-corrected chi connectivity index (χ2v) is 9.67. The van der Waals surface area contributed by atoms with Crippen LogP contribution < -0.4 is 15.4 Å². The normalized spacial score (nSPS) is 15.3. The van der Waals surface area contributed by atoms with E-state index in [9.17, 15) is 9.59 Å². The molecule has 0 radical (unpaired) electrons. The number of aryl methyl sites for hydroxylation is 3. The third kappa shape index (κ3) is 7.40. The van der Waals surface area contributed by atoms with E-state index in [1.165, 1.54) is 12.5 Å². The van der Waals surface area contributed by atoms with Gasteiger partial charge in [0.2, 0.25) is 17.7 Å². The molecule has 0 aliphatic carbocycles. The van der Waals surface area contributed by atoms with Crippen LogP contribution in [0.15, 0.2) is 60.7 Å². The van der Waals surface area contributed by atoms with Crippen molar-refractivity contribution in [3.8, 4) is 11.6 Å². The molecule has 0 unspecified atom stereocenters. The van der Waals surface area contributed by atoms with E-state index in [0.29, 0.717) is 37.6 Å². The molecule has 4 rings (SSSR count). The molecule has 1 aliphatic heterocycles. The van der Waals surface area contributed by atoms with Crippen LogP contribution in [-0.2, 0) is 29.0 Å². The molecule has 0 saturated carbocycles. The minimum atomic E-state index is -0.111. The number of nitrogens with one attached hydrogen (secondary N) is 2. The highest BCUT2D eigenvalue weighted by atomic mass is 16.5. The van der Waals surface area contributed by atoms with Crippen LogP contribution in [-0.4, -0.2) is 47.4 Å². The van der Waals surface area contributed by atoms with Crippen LogP contribution in [0.3, 0.4) is 0 Å². The van der Waals surface area contributed by atoms with Gasteiger partial charge in [0, 0.05) is 56.8 Å². The maximum atomic E-state index is 13.4. The molecular weight excluding hydrogens is 464 g/mol. The predicted octanol–water partition coefficient (Wildman–Crippen LogP) is 4.10. The van der Waals surface area contributed by atoms with Gasteiger partial charge in [-0.25, -0.2) is 4.98 Å². The van der Waals surface area contributed by atoms with Gasteiger partial charge < -0.3 is 20.3 Å². The fourth-order valence-corrected chi connectivity index (χ4v) is 4.61. The van der Waals surface area contributed by atoms with Crippen LogP contribution in [0.2, 0.25) is 0 Å². The van der Waals surface area contributed by atoms with Crippen molar-refractivity contribution in [3.63, 3.8) is 0 Å². The largest absolute Gasteiger partial charge is 0.438 e. The van der Waals surface area contributed by atoms with Crippen molar-refractivity contribution in [2.24, 2.45) is 0 Å². The van der Waals surface area contributed by atoms with Crippen LogP contribution in [0, 0.1) is 13.8 Å². The lowest BCUT2D eigenvalue weighted by atomic mass is 10.0. The average molecular weight is 501 g/mol. The van der Waals surface area contributed by atoms with Crippen LogP contribution in [0.5, 0.6) is 11.6 Å². The zero-order chi connectivity index (χ0) is 26.2. The first kappa shape index (κ1) is 26.4. The minimum absolute atomic E-state index is 0.111. The average Bonchev–Trinajstić information content (AvgIpc) is 2.88. The van der Waals surface area contributed by atoms with Crippen molar-refractivity contribution >= 4 is 11.8 Å². The highest BCUT2D eigenvalue weighted by Crippen LogP contribution is 2.29. The molecule has 0 spiro atoms. The van der Waals surface area contributed by atoms with E-state index < -0.39 is 0 Å². The quantitative estimate of drug-likeness (QED) is 0.462. The molecule has 2 heterocycles. The summed E-state index contributed by atoms with van der Waals surface area (Å²) in [5, 5.41) is 6.25. The predicted molar refractivity (Wildman–Crippen MR) is 145 cm³/mol. The Morgan fingerprint density at radius 2 is 1.86 bits per heavy atom. The lowest BCUT2D eigenvalue weighted by Gasteiger charge is -2.36. The van der Waals surface area contributed by atoms with Gasteiger partial charge in [-0.05, 0) is 55.5 Å². The molecule has 7 heteroatoms. The van der Waals surface area contributed by atoms with E-state index in [4.69, 9.17) is 4.74 Å². The summed E-state index contributed by atoms with van der Waals surface area (Å²) in [5.74, 6) is 1.21. The van der Waals surface area contributed by atoms with Gasteiger partial charge in [-0.1, -0.05) is 48.5 Å². The number of aromatic nitrogens is 1. The zero-order valence-corrected chi connectivity index (χ0v) is 21.9. The first-order chi connectivity index (χ1) is 17.9. The monoisotopic (exact) mass is 500 g/mol. The maximum Gasteiger partial charge on any atom is 0.224 e. The van der Waals surface area contributed by atoms with Gasteiger partial charge in [-0.15, -0.1) is 0 Å². The van der Waals surface area contributed by atoms with Crippen molar-refractivity contribution in [3.05, 3.63) is 88.6 Å². The summed E-state index contributed by atoms with van der Waals surface area (Å²) in [6.07, 6.45) is 1.82. The van der Waals surface area contributed by atoms with Crippen LogP contribution in [0.1, 0.15) is 41.3 Å². The standard InChI is InChI=1S/C30H36N4O3/c1-21-9-11-25(28(17-21)37-30-26(19-32-23(3)35)12-10-22(2)33-30)13-14-29(36)34-16-15-31-20-27(34)18-24-7-5-4-6-8-24/h4-12,17,27,31H,13-16,18-20H2,1-3H3,(H,32,35)/t27-/m1/s1. The second-order valence-electron chi connectivity index (χ2n) is 9.67. The van der Waals surface area contributed by atoms with Gasteiger partial charge in [0.25, 0.3) is 0 Å². The maximum absolute atomic E-state index is 13.4. The molecule has 1 atom stereocenters. The lowest BCUT2D eigenvalue weighted by molar-refractivity contribution is -0.134. The molecule has 1 fully saturated rings. The Balaban J connectivity index is 1.47. The van der Waals surface area contributed by atoms with Gasteiger partial charge in [0.05, 0.1) is 0 Å². The third-order valence-corrected chi connectivity index (χ3v) is 6.63. The van der Waals surface area contributed by atoms with E-state index in [2.05, 4.69) is 27.8 Å². The number of carbonyl (C=O) groups is 2. The summed E-state index contributed by atoms with van der Waals surface area (Å²) in [7, 11) is 0. The summed E-state index contributed by atoms with van der Waals surface area (Å²) in [6.45, 7) is 8.07. The molecule has 0 bridgehead atoms. The number of piperazine rings is 1. The first-order valence-corrected chi connectivity index (χ1v) is 12.9. The molecule has 1 saturated heterocycles. The Morgan fingerprint density at radius 1 is 1.08 bits per heavy atom. The second kappa shape index (κ2) is 12.5. The van der Waals surface area contributed by atoms with Crippen molar-refractivity contribution in [1.82, 2.24) is 20.5 Å². The van der Waals surface area contributed by atoms with E-state index in [1.54, 1.807) is 0 Å². The van der Waals surface area contributed by atoms with Crippen molar-refractivity contribution < 1.29 is 14.3 Å². The Hall–Kier alpha value is -3.71. The molecule has 2 aromatic carbocycles. The van der Waals surface area contributed by atoms with Gasteiger partial charge in [0.1, 0.15) is 5.75 Å². The number of benzene rings is 2. The Morgan fingerprint density at radius 3 is 2.65 bits per heavy atom. The smallest absolute Gasteiger partial charge is 0.224 e. The Kier molecular flexibility index (Phi) is 8.90. The molecule has 1 aliphatic rings. The van der Waals surface area contributed by atoms with Gasteiger partial charge in [-0.3, -0.25) is 9.59 Å². The number of ether oxygens (including phenoxy) is 1. The number of hydrogen-bond donors (Lipinski definition) is 2. The SMILES string of the molecule is CC(=O)NCc1ccc(C)nc1Oc1cc(C)ccc1CCC(=O)N1CCNC[C@H]1Cc1ccccc1. The van der Waals surface area contributed by atoms with Gasteiger partial charge in [0.15, 0.2) is 0 Å². The summed E-state index contributed by atoms with van der Waals surface area (Å²) in [5.41, 5.74) is 4.89. The van der Waals surface area contributed by atoms with E-state index in [0.717, 1.165) is 41.9 Å². The third-order valence-electron chi connectivity index (χ3n) is 6.63. The molecule has 2 N–H and O–H groups in total. The summed E-state index contributed by atoms with van der Waals surface area (Å²) in [4.78, 5) is 31.4. The minimum Gasteiger partial charge on any atom is -0.438 e. The topological polar surface area (TPSA) is 83.6 Å². The van der Waals surface area contributed by atoms with Gasteiger partial charge >= 0.3 is 0 Å². The molecule has 3 aromatic rings. The van der Waals surface area contributed by atoms with Gasteiger partial charge in [-0.2, -0.15) is 0 Å². The summed E-state index contributed by atoms with van der Waals surface area (Å²) in [6, 6.07) is 20.4. The number of rotatable bonds is 9. The van der Waals surface area contributed by atoms with E-state index >= 15 is 0 Å². The van der Waals surface area contributed by atoms with E-state index in [1.807, 2.05) is 67.3 Å². The molecule has 37 heavy (non-hydrogen) atoms. The Labute approximate surface area is 219 Å². The molecule has 2 amide bonds. The summed E-state index contributed by atoms with van der Waals surface area (Å²) < 4.78 is 6.32. The highest BCUT2D eigenvalue weighted by Gasteiger charge is 2.26. The summed E-state index contributed by atoms with van der Waals surface area (Å²) >= 11 is 0. The fourth-order valence-electron chi connectivity index (χ4n) is 4.61. The number of amides is 2. The molecular formula is C30H36N4O3. The molecule has 194 valence electrons. The highest BCUT2D eigenvalue weighted by molar-refractivity contribution is 5.77. The number of hydrogen-bond acceptors (Lipinski definition) is 5. The van der Waals surface area contributed by atoms with Crippen molar-refractivity contribution in [2.75, 3.05) is 19.6 Å². The number of pyridine rings is 1. The van der Waals surface area contributed by atoms with E-state index in [-0.39, 0.29) is 17.9 Å². The number of carbonyl (C=O) groups excluding carboxylic acids is 2. The van der Waals surface area contributed by atoms with Crippen molar-refractivity contribution in [2.45, 2.75) is 52.6 Å². The fraction of sp³-hybridized carbons (Fsp3) is 0.367. The first-order valence-electron chi connectivity index (χ1n) is 12.9. The Bertz CT molecular complexity index is 1230.